The van der Waals surface area contributed by atoms with Crippen LogP contribution in [0.3, 0.4) is 0 Å². The zero-order chi connectivity index (χ0) is 21.4. The Morgan fingerprint density at radius 2 is 1.41 bits per heavy atom. The van der Waals surface area contributed by atoms with E-state index in [9.17, 15) is 19.7 Å². The first-order valence-electron chi connectivity index (χ1n) is 8.65. The van der Waals surface area contributed by atoms with Gasteiger partial charge in [-0.1, -0.05) is 0 Å². The average molecular weight is 417 g/mol. The van der Waals surface area contributed by atoms with Gasteiger partial charge in [-0.15, -0.1) is 0 Å². The SMILES string of the molecule is CCOC(=O)c1cc(NC(=S)Nc2ccc([N+](=O)[O-])cc2)cc(C(=O)OCC)c1. The maximum absolute atomic E-state index is 12.1. The van der Waals surface area contributed by atoms with Crippen LogP contribution >= 0.6 is 12.2 Å². The van der Waals surface area contributed by atoms with Crippen molar-refractivity contribution in [2.24, 2.45) is 0 Å². The first-order chi connectivity index (χ1) is 13.8. The molecule has 0 aliphatic heterocycles. The molecule has 152 valence electrons. The van der Waals surface area contributed by atoms with Crippen molar-refractivity contribution in [1.82, 2.24) is 0 Å². The summed E-state index contributed by atoms with van der Waals surface area (Å²) in [5.74, 6) is -1.17. The largest absolute Gasteiger partial charge is 0.462 e. The molecule has 0 aliphatic carbocycles. The Kier molecular flexibility index (Phi) is 7.61. The maximum Gasteiger partial charge on any atom is 0.338 e. The van der Waals surface area contributed by atoms with Gasteiger partial charge in [0.05, 0.1) is 29.3 Å². The molecule has 0 radical (unpaired) electrons. The second kappa shape index (κ2) is 10.1. The van der Waals surface area contributed by atoms with Crippen LogP contribution in [0.1, 0.15) is 34.6 Å². The molecular weight excluding hydrogens is 398 g/mol. The highest BCUT2D eigenvalue weighted by atomic mass is 32.1. The van der Waals surface area contributed by atoms with Crippen LogP contribution in [-0.4, -0.2) is 35.2 Å². The molecule has 0 atom stereocenters. The highest BCUT2D eigenvalue weighted by Crippen LogP contribution is 2.19. The number of hydrogen-bond acceptors (Lipinski definition) is 7. The van der Waals surface area contributed by atoms with Crippen molar-refractivity contribution >= 4 is 46.3 Å². The first-order valence-corrected chi connectivity index (χ1v) is 9.06. The van der Waals surface area contributed by atoms with E-state index in [0.717, 1.165) is 0 Å². The van der Waals surface area contributed by atoms with Gasteiger partial charge in [0.2, 0.25) is 0 Å². The van der Waals surface area contributed by atoms with Crippen molar-refractivity contribution in [1.29, 1.82) is 0 Å². The van der Waals surface area contributed by atoms with Gasteiger partial charge in [-0.25, -0.2) is 9.59 Å². The summed E-state index contributed by atoms with van der Waals surface area (Å²) in [6.07, 6.45) is 0. The lowest BCUT2D eigenvalue weighted by Crippen LogP contribution is -2.20. The van der Waals surface area contributed by atoms with E-state index in [4.69, 9.17) is 21.7 Å². The predicted molar refractivity (Wildman–Crippen MR) is 111 cm³/mol. The maximum atomic E-state index is 12.1. The minimum absolute atomic E-state index is 0.0457. The van der Waals surface area contributed by atoms with E-state index < -0.39 is 16.9 Å². The molecule has 0 aromatic heterocycles. The minimum Gasteiger partial charge on any atom is -0.462 e. The third kappa shape index (κ3) is 6.25. The summed E-state index contributed by atoms with van der Waals surface area (Å²) in [5, 5.41) is 16.6. The molecule has 2 N–H and O–H groups in total. The van der Waals surface area contributed by atoms with E-state index >= 15 is 0 Å². The third-order valence-corrected chi connectivity index (χ3v) is 3.75. The van der Waals surface area contributed by atoms with Crippen LogP contribution in [0.15, 0.2) is 42.5 Å². The second-order valence-electron chi connectivity index (χ2n) is 5.62. The molecule has 29 heavy (non-hydrogen) atoms. The highest BCUT2D eigenvalue weighted by molar-refractivity contribution is 7.80. The number of carbonyl (C=O) groups is 2. The summed E-state index contributed by atoms with van der Waals surface area (Å²) in [7, 11) is 0. The van der Waals surface area contributed by atoms with Crippen molar-refractivity contribution in [3.8, 4) is 0 Å². The van der Waals surface area contributed by atoms with E-state index in [1.165, 1.54) is 42.5 Å². The number of rotatable bonds is 7. The van der Waals surface area contributed by atoms with Crippen LogP contribution in [-0.2, 0) is 9.47 Å². The summed E-state index contributed by atoms with van der Waals surface area (Å²) in [6, 6.07) is 10.1. The quantitative estimate of drug-likeness (QED) is 0.300. The lowest BCUT2D eigenvalue weighted by atomic mass is 10.1. The standard InChI is InChI=1S/C19H19N3O6S/c1-3-27-17(23)12-9-13(18(24)28-4-2)11-15(10-12)21-19(29)20-14-5-7-16(8-6-14)22(25)26/h5-11H,3-4H2,1-2H3,(H2,20,21,29). The molecule has 0 saturated heterocycles. The van der Waals surface area contributed by atoms with Crippen LogP contribution in [0.25, 0.3) is 0 Å². The Balaban J connectivity index is 2.20. The monoisotopic (exact) mass is 417 g/mol. The van der Waals surface area contributed by atoms with Crippen molar-refractivity contribution in [3.63, 3.8) is 0 Å². The Morgan fingerprint density at radius 3 is 1.86 bits per heavy atom. The Bertz CT molecular complexity index is 894. The molecule has 0 amide bonds. The zero-order valence-corrected chi connectivity index (χ0v) is 16.6. The topological polar surface area (TPSA) is 120 Å². The van der Waals surface area contributed by atoms with Gasteiger partial charge in [0.1, 0.15) is 0 Å². The van der Waals surface area contributed by atoms with Gasteiger partial charge in [0.15, 0.2) is 5.11 Å². The van der Waals surface area contributed by atoms with E-state index in [1.54, 1.807) is 13.8 Å². The molecule has 2 rings (SSSR count). The lowest BCUT2D eigenvalue weighted by Gasteiger charge is -2.13. The Labute approximate surface area is 172 Å². The number of nitrogens with zero attached hydrogens (tertiary/aromatic N) is 1. The van der Waals surface area contributed by atoms with Gasteiger partial charge in [-0.2, -0.15) is 0 Å². The minimum atomic E-state index is -0.587. The average Bonchev–Trinajstić information content (AvgIpc) is 2.68. The fraction of sp³-hybridized carbons (Fsp3) is 0.211. The van der Waals surface area contributed by atoms with Gasteiger partial charge >= 0.3 is 11.9 Å². The fourth-order valence-corrected chi connectivity index (χ4v) is 2.56. The van der Waals surface area contributed by atoms with Crippen LogP contribution in [0.5, 0.6) is 0 Å². The number of benzene rings is 2. The van der Waals surface area contributed by atoms with Gasteiger partial charge in [-0.05, 0) is 56.4 Å². The number of thiocarbonyl (C=S) groups is 1. The molecule has 0 spiro atoms. The number of nitro groups is 1. The summed E-state index contributed by atoms with van der Waals surface area (Å²) in [6.45, 7) is 3.72. The fourth-order valence-electron chi connectivity index (χ4n) is 2.32. The number of hydrogen-bond donors (Lipinski definition) is 2. The van der Waals surface area contributed by atoms with E-state index in [-0.39, 0.29) is 35.1 Å². The van der Waals surface area contributed by atoms with E-state index in [0.29, 0.717) is 11.4 Å². The zero-order valence-electron chi connectivity index (χ0n) is 15.8. The Hall–Kier alpha value is -3.53. The number of ether oxygens (including phenoxy) is 2. The van der Waals surface area contributed by atoms with E-state index in [2.05, 4.69) is 10.6 Å². The molecule has 2 aromatic rings. The Morgan fingerprint density at radius 1 is 0.931 bits per heavy atom. The molecule has 0 bridgehead atoms. The molecule has 0 unspecified atom stereocenters. The number of anilines is 2. The van der Waals surface area contributed by atoms with Crippen LogP contribution in [0.4, 0.5) is 17.1 Å². The number of nitrogens with one attached hydrogen (secondary N) is 2. The van der Waals surface area contributed by atoms with Gasteiger partial charge in [0, 0.05) is 23.5 Å². The van der Waals surface area contributed by atoms with Gasteiger partial charge < -0.3 is 20.1 Å². The van der Waals surface area contributed by atoms with Crippen LogP contribution < -0.4 is 10.6 Å². The summed E-state index contributed by atoms with van der Waals surface area (Å²) >= 11 is 5.23. The summed E-state index contributed by atoms with van der Waals surface area (Å²) < 4.78 is 9.97. The lowest BCUT2D eigenvalue weighted by molar-refractivity contribution is -0.384. The van der Waals surface area contributed by atoms with Gasteiger partial charge in [-0.3, -0.25) is 10.1 Å². The van der Waals surface area contributed by atoms with Crippen molar-refractivity contribution in [3.05, 3.63) is 63.7 Å². The van der Waals surface area contributed by atoms with Crippen LogP contribution in [0, 0.1) is 10.1 Å². The summed E-state index contributed by atoms with van der Waals surface area (Å²) in [4.78, 5) is 34.4. The number of non-ortho nitro benzene ring substituents is 1. The second-order valence-corrected chi connectivity index (χ2v) is 6.03. The number of carbonyl (C=O) groups excluding carboxylic acids is 2. The smallest absolute Gasteiger partial charge is 0.338 e. The van der Waals surface area contributed by atoms with Crippen molar-refractivity contribution in [2.75, 3.05) is 23.8 Å². The molecule has 2 aromatic carbocycles. The summed E-state index contributed by atoms with van der Waals surface area (Å²) in [5.41, 5.74) is 1.19. The van der Waals surface area contributed by atoms with Crippen molar-refractivity contribution < 1.29 is 24.0 Å². The third-order valence-electron chi connectivity index (χ3n) is 3.55. The normalized spacial score (nSPS) is 10.0. The number of nitro benzene ring substituents is 1. The predicted octanol–water partition coefficient (Wildman–Crippen LogP) is 3.76. The number of esters is 2. The molecule has 0 saturated carbocycles. The first kappa shape index (κ1) is 21.8. The van der Waals surface area contributed by atoms with Gasteiger partial charge in [0.25, 0.3) is 5.69 Å². The highest BCUT2D eigenvalue weighted by Gasteiger charge is 2.15. The van der Waals surface area contributed by atoms with Crippen LogP contribution in [0.2, 0.25) is 0 Å². The molecule has 10 heteroatoms. The van der Waals surface area contributed by atoms with Crippen molar-refractivity contribution in [2.45, 2.75) is 13.8 Å². The molecular formula is C19H19N3O6S. The molecule has 9 nitrogen and oxygen atoms in total. The molecule has 0 fully saturated rings. The van der Waals surface area contributed by atoms with E-state index in [1.807, 2.05) is 0 Å². The molecule has 0 aliphatic rings. The molecule has 0 heterocycles.